The maximum absolute atomic E-state index is 9.90. The minimum absolute atomic E-state index is 0. The molecule has 7 N–H and O–H groups in total. The zero-order chi connectivity index (χ0) is 25.6. The Hall–Kier alpha value is -0.206. The van der Waals surface area contributed by atoms with Crippen LogP contribution in [0.2, 0.25) is 0 Å². The second-order valence-corrected chi connectivity index (χ2v) is 6.76. The molecule has 2 heterocycles. The summed E-state index contributed by atoms with van der Waals surface area (Å²) in [6.45, 7) is 11.5. The van der Waals surface area contributed by atoms with E-state index in [0.717, 1.165) is 12.2 Å². The first kappa shape index (κ1) is 36.0. The van der Waals surface area contributed by atoms with Gasteiger partial charge in [0.2, 0.25) is 0 Å². The Kier molecular flexibility index (Phi) is 21.1. The molecule has 1 aromatic carbocycles. The van der Waals surface area contributed by atoms with E-state index in [2.05, 4.69) is 6.92 Å². The van der Waals surface area contributed by atoms with Crippen molar-refractivity contribution in [2.24, 2.45) is 0 Å². The van der Waals surface area contributed by atoms with Gasteiger partial charge in [-0.25, -0.2) is 0 Å². The molecule has 2 aliphatic rings. The Balaban J connectivity index is 0. The second-order valence-electron chi connectivity index (χ2n) is 6.76. The maximum Gasteiger partial charge on any atom is 0.187 e. The van der Waals surface area contributed by atoms with Gasteiger partial charge < -0.3 is 50.0 Å². The number of aliphatic hydroxyl groups is 7. The van der Waals surface area contributed by atoms with Gasteiger partial charge in [0, 0.05) is 32.7 Å². The van der Waals surface area contributed by atoms with Crippen molar-refractivity contribution in [3.8, 4) is 0 Å². The fourth-order valence-electron chi connectivity index (χ4n) is 2.88. The molecule has 10 nitrogen and oxygen atoms in total. The maximum atomic E-state index is 9.90. The van der Waals surface area contributed by atoms with Crippen LogP contribution >= 0.6 is 0 Å². The molecule has 0 aromatic heterocycles. The van der Waals surface area contributed by atoms with Crippen LogP contribution in [0.15, 0.2) is 30.3 Å². The van der Waals surface area contributed by atoms with E-state index in [1.165, 1.54) is 0 Å². The number of hydrogen-bond acceptors (Lipinski definition) is 10. The Morgan fingerprint density at radius 2 is 1.35 bits per heavy atom. The predicted molar refractivity (Wildman–Crippen MR) is 121 cm³/mol. The van der Waals surface area contributed by atoms with Crippen LogP contribution in [0.5, 0.6) is 0 Å². The van der Waals surface area contributed by atoms with Crippen molar-refractivity contribution >= 4 is 0 Å². The molecular formula is C23H40O10Y-2. The normalized spacial score (nSPS) is 34.5. The third-order valence-electron chi connectivity index (χ3n) is 4.61. The quantitative estimate of drug-likeness (QED) is 0.233. The summed E-state index contributed by atoms with van der Waals surface area (Å²) in [5.41, 5.74) is 1.07. The van der Waals surface area contributed by atoms with Crippen molar-refractivity contribution in [1.82, 2.24) is 0 Å². The summed E-state index contributed by atoms with van der Waals surface area (Å²) in [4.78, 5) is 0. The Labute approximate surface area is 227 Å². The summed E-state index contributed by atoms with van der Waals surface area (Å²) in [6, 6.07) is 9.87. The van der Waals surface area contributed by atoms with Crippen LogP contribution in [-0.4, -0.2) is 104 Å². The number of hydrogen-bond donors (Lipinski definition) is 7. The molecular weight excluding hydrogens is 525 g/mol. The van der Waals surface area contributed by atoms with Gasteiger partial charge in [-0.2, -0.15) is 31.2 Å². The smallest absolute Gasteiger partial charge is 0.187 e. The summed E-state index contributed by atoms with van der Waals surface area (Å²) < 4.78 is 15.4. The van der Waals surface area contributed by atoms with Crippen molar-refractivity contribution in [2.75, 3.05) is 13.2 Å². The van der Waals surface area contributed by atoms with Gasteiger partial charge >= 0.3 is 0 Å². The molecule has 11 heteroatoms. The minimum Gasteiger partial charge on any atom is -0.544 e. The number of rotatable bonds is 4. The average Bonchev–Trinajstić information content (AvgIpc) is 2.85. The van der Waals surface area contributed by atoms with Crippen LogP contribution in [0.1, 0.15) is 33.3 Å². The summed E-state index contributed by atoms with van der Waals surface area (Å²) in [6.07, 6.45) is -12.6. The first-order chi connectivity index (χ1) is 15.8. The SMILES string of the molecule is CC.CC.OCC1OC(OC2C(CO)O[CH-]C(O)C2O)C(O)C(O)C1O.[CH2-]c1ccccc1.[Y]. The molecule has 9 atom stereocenters. The van der Waals surface area contributed by atoms with Crippen LogP contribution in [0.4, 0.5) is 0 Å². The van der Waals surface area contributed by atoms with E-state index in [-0.39, 0.29) is 32.7 Å². The van der Waals surface area contributed by atoms with Crippen LogP contribution < -0.4 is 0 Å². The van der Waals surface area contributed by atoms with Crippen molar-refractivity contribution < 1.29 is 82.7 Å². The van der Waals surface area contributed by atoms with Crippen LogP contribution in [0, 0.1) is 13.5 Å². The standard InChI is InChI=1S/C12H21O10.C7H7.2C2H6.Y/c13-1-5-8(17)9(18)10(19)12(21-5)22-11-6(2-14)20-3-4(15)7(11)16;1-7-5-3-2-4-6-7;2*1-2;/h3-19H,1-2H2;2-6H,1H2;2*1-2H3;/q2*-1;;;. The van der Waals surface area contributed by atoms with E-state index >= 15 is 0 Å². The van der Waals surface area contributed by atoms with Gasteiger partial charge in [-0.1, -0.05) is 33.8 Å². The van der Waals surface area contributed by atoms with Gasteiger partial charge in [-0.15, -0.1) is 12.1 Å². The molecule has 0 saturated carbocycles. The molecule has 0 amide bonds. The van der Waals surface area contributed by atoms with Crippen LogP contribution in [0.25, 0.3) is 0 Å². The monoisotopic (exact) mass is 565 g/mol. The van der Waals surface area contributed by atoms with Gasteiger partial charge in [0.05, 0.1) is 25.4 Å². The minimum atomic E-state index is -1.66. The van der Waals surface area contributed by atoms with Gasteiger partial charge in [0.25, 0.3) is 0 Å². The van der Waals surface area contributed by atoms with Crippen molar-refractivity contribution in [1.29, 1.82) is 0 Å². The van der Waals surface area contributed by atoms with Crippen LogP contribution in [-0.2, 0) is 46.9 Å². The van der Waals surface area contributed by atoms with E-state index in [4.69, 9.17) is 19.3 Å². The third kappa shape index (κ3) is 10.8. The molecule has 1 radical (unpaired) electrons. The van der Waals surface area contributed by atoms with E-state index in [0.29, 0.717) is 0 Å². The molecule has 2 saturated heterocycles. The number of aliphatic hydroxyl groups excluding tert-OH is 7. The third-order valence-corrected chi connectivity index (χ3v) is 4.61. The average molecular weight is 565 g/mol. The Morgan fingerprint density at radius 1 is 0.824 bits per heavy atom. The first-order valence-electron chi connectivity index (χ1n) is 11.1. The first-order valence-corrected chi connectivity index (χ1v) is 11.1. The van der Waals surface area contributed by atoms with E-state index in [1.54, 1.807) is 0 Å². The van der Waals surface area contributed by atoms with Gasteiger partial charge in [-0.3, -0.25) is 0 Å². The molecule has 0 bridgehead atoms. The molecule has 9 unspecified atom stereocenters. The molecule has 1 aromatic rings. The summed E-state index contributed by atoms with van der Waals surface area (Å²) >= 11 is 0. The molecule has 3 rings (SSSR count). The van der Waals surface area contributed by atoms with Crippen molar-refractivity contribution in [3.63, 3.8) is 0 Å². The molecule has 2 aliphatic heterocycles. The number of ether oxygens (including phenoxy) is 3. The zero-order valence-corrected chi connectivity index (χ0v) is 23.1. The topological polar surface area (TPSA) is 169 Å². The summed E-state index contributed by atoms with van der Waals surface area (Å²) in [5.74, 6) is 0. The Morgan fingerprint density at radius 3 is 1.79 bits per heavy atom. The summed E-state index contributed by atoms with van der Waals surface area (Å²) in [5, 5.41) is 66.9. The Bertz CT molecular complexity index is 592. The fraction of sp³-hybridized carbons (Fsp3) is 0.652. The molecule has 2 fully saturated rings. The largest absolute Gasteiger partial charge is 0.544 e. The van der Waals surface area contributed by atoms with Gasteiger partial charge in [0.15, 0.2) is 6.29 Å². The van der Waals surface area contributed by atoms with E-state index in [9.17, 15) is 30.6 Å². The number of benzene rings is 1. The van der Waals surface area contributed by atoms with Gasteiger partial charge in [-0.05, 0) is 6.10 Å². The van der Waals surface area contributed by atoms with Crippen molar-refractivity contribution in [2.45, 2.75) is 82.8 Å². The second kappa shape index (κ2) is 19.9. The molecule has 197 valence electrons. The van der Waals surface area contributed by atoms with Crippen molar-refractivity contribution in [3.05, 3.63) is 49.4 Å². The fourth-order valence-corrected chi connectivity index (χ4v) is 2.88. The molecule has 34 heavy (non-hydrogen) atoms. The van der Waals surface area contributed by atoms with E-state index < -0.39 is 68.3 Å². The van der Waals surface area contributed by atoms with Crippen LogP contribution in [0.3, 0.4) is 0 Å². The predicted octanol–water partition coefficient (Wildman–Crippen LogP) is -0.635. The molecule has 0 spiro atoms. The molecule has 0 aliphatic carbocycles. The van der Waals surface area contributed by atoms with E-state index in [1.807, 2.05) is 58.0 Å². The zero-order valence-electron chi connectivity index (χ0n) is 20.2. The summed E-state index contributed by atoms with van der Waals surface area (Å²) in [7, 11) is 0. The van der Waals surface area contributed by atoms with Gasteiger partial charge in [0.1, 0.15) is 30.5 Å².